The Morgan fingerprint density at radius 2 is 1.78 bits per heavy atom. The number of benzene rings is 2. The molecule has 6 nitrogen and oxygen atoms in total. The largest absolute Gasteiger partial charge is 0.443 e. The minimum Gasteiger partial charge on any atom is -0.443 e. The molecule has 0 spiro atoms. The smallest absolute Gasteiger partial charge is 0.254 e. The minimum atomic E-state index is -0.0423. The Hall–Kier alpha value is -3.15. The Morgan fingerprint density at radius 3 is 2.56 bits per heavy atom. The molecule has 6 heteroatoms. The maximum atomic E-state index is 12.7. The molecule has 1 fully saturated rings. The van der Waals surface area contributed by atoms with Crippen molar-refractivity contribution in [2.24, 2.45) is 0 Å². The van der Waals surface area contributed by atoms with E-state index in [0.717, 1.165) is 16.6 Å². The second-order valence-corrected chi connectivity index (χ2v) is 6.81. The molecule has 0 atom stereocenters. The van der Waals surface area contributed by atoms with Crippen molar-refractivity contribution in [3.8, 4) is 0 Å². The van der Waals surface area contributed by atoms with Crippen LogP contribution in [0.3, 0.4) is 0 Å². The number of amides is 2. The van der Waals surface area contributed by atoms with Gasteiger partial charge in [-0.2, -0.15) is 0 Å². The molecule has 1 aliphatic heterocycles. The van der Waals surface area contributed by atoms with Gasteiger partial charge in [-0.05, 0) is 36.2 Å². The molecule has 1 aliphatic rings. The highest BCUT2D eigenvalue weighted by molar-refractivity contribution is 5.97. The van der Waals surface area contributed by atoms with E-state index in [0.29, 0.717) is 43.7 Å². The maximum absolute atomic E-state index is 12.7. The van der Waals surface area contributed by atoms with Gasteiger partial charge in [0.25, 0.3) is 5.91 Å². The fraction of sp³-hybridized carbons (Fsp3) is 0.286. The fourth-order valence-electron chi connectivity index (χ4n) is 3.41. The van der Waals surface area contributed by atoms with Gasteiger partial charge in [-0.25, -0.2) is 4.98 Å². The standard InChI is InChI=1S/C21H21N3O3/c1-15-4-2-3-5-16(15)13-20(25)23-8-10-24(11-9-23)21(26)17-6-7-18-19(12-17)27-14-22-18/h2-7,12,14H,8-11,13H2,1H3. The van der Waals surface area contributed by atoms with Gasteiger partial charge in [-0.3, -0.25) is 9.59 Å². The monoisotopic (exact) mass is 363 g/mol. The first-order valence-corrected chi connectivity index (χ1v) is 9.06. The minimum absolute atomic E-state index is 0.0423. The summed E-state index contributed by atoms with van der Waals surface area (Å²) >= 11 is 0. The van der Waals surface area contributed by atoms with Crippen molar-refractivity contribution < 1.29 is 14.0 Å². The first kappa shape index (κ1) is 17.3. The molecular weight excluding hydrogens is 342 g/mol. The van der Waals surface area contributed by atoms with Crippen LogP contribution in [0.25, 0.3) is 11.1 Å². The number of nitrogens with zero attached hydrogens (tertiary/aromatic N) is 3. The lowest BCUT2D eigenvalue weighted by Gasteiger charge is -2.35. The molecule has 0 saturated carbocycles. The third kappa shape index (κ3) is 3.56. The first-order chi connectivity index (χ1) is 13.1. The van der Waals surface area contributed by atoms with Gasteiger partial charge >= 0.3 is 0 Å². The molecule has 2 heterocycles. The van der Waals surface area contributed by atoms with E-state index in [1.54, 1.807) is 23.1 Å². The average Bonchev–Trinajstić information content (AvgIpc) is 3.17. The van der Waals surface area contributed by atoms with Crippen molar-refractivity contribution in [2.75, 3.05) is 26.2 Å². The van der Waals surface area contributed by atoms with E-state index in [4.69, 9.17) is 4.42 Å². The Balaban J connectivity index is 1.37. The number of fused-ring (bicyclic) bond motifs is 1. The summed E-state index contributed by atoms with van der Waals surface area (Å²) in [5.74, 6) is 0.0683. The molecule has 0 radical (unpaired) electrons. The fourth-order valence-corrected chi connectivity index (χ4v) is 3.41. The zero-order valence-corrected chi connectivity index (χ0v) is 15.2. The van der Waals surface area contributed by atoms with E-state index < -0.39 is 0 Å². The average molecular weight is 363 g/mol. The second-order valence-electron chi connectivity index (χ2n) is 6.81. The molecule has 0 N–H and O–H groups in total. The summed E-state index contributed by atoms with van der Waals surface area (Å²) in [5, 5.41) is 0. The van der Waals surface area contributed by atoms with Gasteiger partial charge in [-0.15, -0.1) is 0 Å². The van der Waals surface area contributed by atoms with E-state index in [1.165, 1.54) is 6.39 Å². The number of oxazole rings is 1. The number of aromatic nitrogens is 1. The summed E-state index contributed by atoms with van der Waals surface area (Å²) < 4.78 is 5.28. The third-order valence-electron chi connectivity index (χ3n) is 5.10. The summed E-state index contributed by atoms with van der Waals surface area (Å²) in [6.45, 7) is 4.20. The van der Waals surface area contributed by atoms with Crippen molar-refractivity contribution in [1.29, 1.82) is 0 Å². The molecule has 0 unspecified atom stereocenters. The molecule has 0 bridgehead atoms. The van der Waals surface area contributed by atoms with Gasteiger partial charge in [0.2, 0.25) is 5.91 Å². The lowest BCUT2D eigenvalue weighted by Crippen LogP contribution is -2.51. The topological polar surface area (TPSA) is 66.7 Å². The van der Waals surface area contributed by atoms with Crippen molar-refractivity contribution in [3.05, 3.63) is 65.5 Å². The zero-order chi connectivity index (χ0) is 18.8. The van der Waals surface area contributed by atoms with Gasteiger partial charge in [-0.1, -0.05) is 24.3 Å². The summed E-state index contributed by atoms with van der Waals surface area (Å²) in [6.07, 6.45) is 1.78. The number of rotatable bonds is 3. The molecule has 1 saturated heterocycles. The van der Waals surface area contributed by atoms with Crippen LogP contribution in [0.1, 0.15) is 21.5 Å². The predicted molar refractivity (Wildman–Crippen MR) is 101 cm³/mol. The molecule has 2 aromatic carbocycles. The first-order valence-electron chi connectivity index (χ1n) is 9.06. The van der Waals surface area contributed by atoms with Crippen LogP contribution in [-0.2, 0) is 11.2 Å². The highest BCUT2D eigenvalue weighted by Gasteiger charge is 2.25. The molecule has 27 heavy (non-hydrogen) atoms. The van der Waals surface area contributed by atoms with Crippen LogP contribution in [0.2, 0.25) is 0 Å². The molecule has 4 rings (SSSR count). The number of hydrogen-bond donors (Lipinski definition) is 0. The van der Waals surface area contributed by atoms with Gasteiger partial charge in [0.05, 0.1) is 6.42 Å². The van der Waals surface area contributed by atoms with Gasteiger partial charge in [0.1, 0.15) is 5.52 Å². The van der Waals surface area contributed by atoms with Gasteiger partial charge in [0.15, 0.2) is 12.0 Å². The molecule has 3 aromatic rings. The Labute approximate surface area is 157 Å². The van der Waals surface area contributed by atoms with Crippen molar-refractivity contribution >= 4 is 22.9 Å². The Bertz CT molecular complexity index is 987. The van der Waals surface area contributed by atoms with E-state index >= 15 is 0 Å². The molecule has 1 aromatic heterocycles. The van der Waals surface area contributed by atoms with Crippen LogP contribution in [-0.4, -0.2) is 52.8 Å². The summed E-state index contributed by atoms with van der Waals surface area (Å²) in [7, 11) is 0. The van der Waals surface area contributed by atoms with Crippen LogP contribution in [0.4, 0.5) is 0 Å². The summed E-state index contributed by atoms with van der Waals surface area (Å²) in [6, 6.07) is 13.2. The van der Waals surface area contributed by atoms with E-state index in [1.807, 2.05) is 36.1 Å². The lowest BCUT2D eigenvalue weighted by molar-refractivity contribution is -0.131. The second kappa shape index (κ2) is 7.23. The van der Waals surface area contributed by atoms with Crippen LogP contribution in [0.15, 0.2) is 53.3 Å². The Kier molecular flexibility index (Phi) is 4.62. The highest BCUT2D eigenvalue weighted by Crippen LogP contribution is 2.17. The van der Waals surface area contributed by atoms with Crippen LogP contribution >= 0.6 is 0 Å². The van der Waals surface area contributed by atoms with Gasteiger partial charge < -0.3 is 14.2 Å². The number of piperazine rings is 1. The number of aryl methyl sites for hydroxylation is 1. The van der Waals surface area contributed by atoms with Crippen LogP contribution < -0.4 is 0 Å². The lowest BCUT2D eigenvalue weighted by atomic mass is 10.1. The molecular formula is C21H21N3O3. The van der Waals surface area contributed by atoms with E-state index in [2.05, 4.69) is 4.98 Å². The molecule has 2 amide bonds. The van der Waals surface area contributed by atoms with Gasteiger partial charge in [0, 0.05) is 31.7 Å². The van der Waals surface area contributed by atoms with Crippen LogP contribution in [0.5, 0.6) is 0 Å². The SMILES string of the molecule is Cc1ccccc1CC(=O)N1CCN(C(=O)c2ccc3ncoc3c2)CC1. The quantitative estimate of drug-likeness (QED) is 0.718. The Morgan fingerprint density at radius 1 is 1.04 bits per heavy atom. The van der Waals surface area contributed by atoms with Crippen LogP contribution in [0, 0.1) is 6.92 Å². The van der Waals surface area contributed by atoms with Crippen molar-refractivity contribution in [2.45, 2.75) is 13.3 Å². The van der Waals surface area contributed by atoms with E-state index in [-0.39, 0.29) is 11.8 Å². The van der Waals surface area contributed by atoms with Crippen molar-refractivity contribution in [3.63, 3.8) is 0 Å². The predicted octanol–water partition coefficient (Wildman–Crippen LogP) is 2.66. The zero-order valence-electron chi connectivity index (χ0n) is 15.2. The highest BCUT2D eigenvalue weighted by atomic mass is 16.3. The molecule has 138 valence electrons. The van der Waals surface area contributed by atoms with Crippen molar-refractivity contribution in [1.82, 2.24) is 14.8 Å². The summed E-state index contributed by atoms with van der Waals surface area (Å²) in [4.78, 5) is 33.0. The number of carbonyl (C=O) groups excluding carboxylic acids is 2. The summed E-state index contributed by atoms with van der Waals surface area (Å²) in [5.41, 5.74) is 4.11. The normalized spacial score (nSPS) is 14.6. The maximum Gasteiger partial charge on any atom is 0.254 e. The molecule has 0 aliphatic carbocycles. The van der Waals surface area contributed by atoms with E-state index in [9.17, 15) is 9.59 Å². The third-order valence-corrected chi connectivity index (χ3v) is 5.10. The number of hydrogen-bond acceptors (Lipinski definition) is 4. The number of carbonyl (C=O) groups is 2.